The fourth-order valence-corrected chi connectivity index (χ4v) is 2.28. The van der Waals surface area contributed by atoms with Crippen LogP contribution in [0.15, 0.2) is 52.7 Å². The third kappa shape index (κ3) is 5.95. The lowest BCUT2D eigenvalue weighted by Gasteiger charge is -2.02. The molecule has 2 aromatic carbocycles. The highest BCUT2D eigenvalue weighted by molar-refractivity contribution is 6.30. The molecule has 0 aromatic heterocycles. The van der Waals surface area contributed by atoms with Gasteiger partial charge in [-0.2, -0.15) is 10.2 Å². The zero-order valence-corrected chi connectivity index (χ0v) is 13.9. The number of aryl methyl sites for hydroxylation is 1. The van der Waals surface area contributed by atoms with Gasteiger partial charge in [0.05, 0.1) is 12.4 Å². The molecule has 120 valence electrons. The van der Waals surface area contributed by atoms with Gasteiger partial charge >= 0.3 is 0 Å². The van der Waals surface area contributed by atoms with E-state index in [2.05, 4.69) is 17.1 Å². The lowest BCUT2D eigenvalue weighted by molar-refractivity contribution is 0.621. The van der Waals surface area contributed by atoms with Crippen molar-refractivity contribution in [2.24, 2.45) is 10.2 Å². The Morgan fingerprint density at radius 1 is 1.00 bits per heavy atom. The van der Waals surface area contributed by atoms with Gasteiger partial charge in [-0.25, -0.2) is 4.39 Å². The molecule has 0 aliphatic carbocycles. The number of benzene rings is 2. The molecule has 23 heavy (non-hydrogen) atoms. The van der Waals surface area contributed by atoms with Crippen LogP contribution < -0.4 is 0 Å². The molecule has 0 bridgehead atoms. The third-order valence-electron chi connectivity index (χ3n) is 3.47. The molecule has 0 unspecified atom stereocenters. The van der Waals surface area contributed by atoms with Gasteiger partial charge in [-0.1, -0.05) is 55.6 Å². The lowest BCUT2D eigenvalue weighted by Crippen LogP contribution is -1.92. The Morgan fingerprint density at radius 3 is 2.43 bits per heavy atom. The van der Waals surface area contributed by atoms with E-state index in [0.717, 1.165) is 24.0 Å². The summed E-state index contributed by atoms with van der Waals surface area (Å²) in [5, 5.41) is 8.50. The molecular weight excluding hydrogens is 311 g/mol. The molecule has 2 nitrogen and oxygen atoms in total. The SMILES string of the molecule is CCCCCc1ccc(/C=N/N=C/c2ccc(Cl)cc2)c(F)c1. The summed E-state index contributed by atoms with van der Waals surface area (Å²) in [5.74, 6) is -0.260. The summed E-state index contributed by atoms with van der Waals surface area (Å²) < 4.78 is 14.0. The molecule has 0 radical (unpaired) electrons. The van der Waals surface area contributed by atoms with Crippen molar-refractivity contribution < 1.29 is 4.39 Å². The first kappa shape index (κ1) is 17.4. The Labute approximate surface area is 141 Å². The standard InChI is InChI=1S/C19H20ClFN2/c1-2-3-4-5-15-6-9-17(19(21)12-15)14-23-22-13-16-7-10-18(20)11-8-16/h6-14H,2-5H2,1H3/b22-13+,23-14+. The first-order valence-corrected chi connectivity index (χ1v) is 8.17. The first-order valence-electron chi connectivity index (χ1n) is 7.79. The van der Waals surface area contributed by atoms with Gasteiger partial charge in [0.15, 0.2) is 0 Å². The largest absolute Gasteiger partial charge is 0.206 e. The minimum atomic E-state index is -0.260. The van der Waals surface area contributed by atoms with Crippen molar-refractivity contribution in [1.82, 2.24) is 0 Å². The monoisotopic (exact) mass is 330 g/mol. The van der Waals surface area contributed by atoms with Crippen LogP contribution in [0.2, 0.25) is 5.02 Å². The van der Waals surface area contributed by atoms with E-state index in [1.54, 1.807) is 30.5 Å². The van der Waals surface area contributed by atoms with E-state index in [4.69, 9.17) is 11.6 Å². The number of hydrogen-bond acceptors (Lipinski definition) is 2. The van der Waals surface area contributed by atoms with Crippen molar-refractivity contribution in [3.63, 3.8) is 0 Å². The highest BCUT2D eigenvalue weighted by atomic mass is 35.5. The molecule has 0 atom stereocenters. The van der Waals surface area contributed by atoms with E-state index < -0.39 is 0 Å². The van der Waals surface area contributed by atoms with Crippen LogP contribution >= 0.6 is 11.6 Å². The maximum atomic E-state index is 14.0. The van der Waals surface area contributed by atoms with Crippen molar-refractivity contribution in [3.05, 3.63) is 70.0 Å². The molecule has 2 rings (SSSR count). The average Bonchev–Trinajstić information content (AvgIpc) is 2.55. The Morgan fingerprint density at radius 2 is 1.74 bits per heavy atom. The highest BCUT2D eigenvalue weighted by Gasteiger charge is 2.01. The average molecular weight is 331 g/mol. The fraction of sp³-hybridized carbons (Fsp3) is 0.263. The van der Waals surface area contributed by atoms with Crippen molar-refractivity contribution >= 4 is 24.0 Å². The van der Waals surface area contributed by atoms with Crippen molar-refractivity contribution in [1.29, 1.82) is 0 Å². The summed E-state index contributed by atoms with van der Waals surface area (Å²) >= 11 is 5.81. The molecule has 0 heterocycles. The summed E-state index contributed by atoms with van der Waals surface area (Å²) in [6, 6.07) is 12.5. The Hall–Kier alpha value is -2.00. The molecule has 0 saturated carbocycles. The predicted molar refractivity (Wildman–Crippen MR) is 96.3 cm³/mol. The predicted octanol–water partition coefficient (Wildman–Crippen LogP) is 5.66. The van der Waals surface area contributed by atoms with Gasteiger partial charge < -0.3 is 0 Å². The molecule has 0 N–H and O–H groups in total. The number of halogens is 2. The van der Waals surface area contributed by atoms with E-state index in [0.29, 0.717) is 10.6 Å². The van der Waals surface area contributed by atoms with Crippen LogP contribution in [0, 0.1) is 5.82 Å². The summed E-state index contributed by atoms with van der Waals surface area (Å²) in [6.07, 6.45) is 7.37. The number of hydrogen-bond donors (Lipinski definition) is 0. The summed E-state index contributed by atoms with van der Waals surface area (Å²) in [6.45, 7) is 2.16. The second kappa shape index (κ2) is 9.21. The van der Waals surface area contributed by atoms with Crippen LogP contribution in [0.5, 0.6) is 0 Å². The maximum Gasteiger partial charge on any atom is 0.132 e. The molecule has 0 aliphatic heterocycles. The fourth-order valence-electron chi connectivity index (χ4n) is 2.15. The van der Waals surface area contributed by atoms with Crippen LogP contribution in [-0.4, -0.2) is 12.4 Å². The zero-order valence-electron chi connectivity index (χ0n) is 13.2. The lowest BCUT2D eigenvalue weighted by atomic mass is 10.1. The van der Waals surface area contributed by atoms with Crippen molar-refractivity contribution in [2.45, 2.75) is 32.6 Å². The summed E-state index contributed by atoms with van der Waals surface area (Å²) in [7, 11) is 0. The van der Waals surface area contributed by atoms with E-state index in [-0.39, 0.29) is 5.82 Å². The molecule has 0 fully saturated rings. The maximum absolute atomic E-state index is 14.0. The zero-order chi connectivity index (χ0) is 16.5. The van der Waals surface area contributed by atoms with Crippen LogP contribution in [0.4, 0.5) is 4.39 Å². The minimum Gasteiger partial charge on any atom is -0.206 e. The molecule has 0 spiro atoms. The second-order valence-electron chi connectivity index (χ2n) is 5.35. The molecule has 0 saturated heterocycles. The van der Waals surface area contributed by atoms with Gasteiger partial charge in [0.25, 0.3) is 0 Å². The normalized spacial score (nSPS) is 11.6. The highest BCUT2D eigenvalue weighted by Crippen LogP contribution is 2.12. The van der Waals surface area contributed by atoms with Crippen molar-refractivity contribution in [3.8, 4) is 0 Å². The van der Waals surface area contributed by atoms with Gasteiger partial charge in [-0.3, -0.25) is 0 Å². The minimum absolute atomic E-state index is 0.260. The van der Waals surface area contributed by atoms with E-state index >= 15 is 0 Å². The third-order valence-corrected chi connectivity index (χ3v) is 3.73. The molecular formula is C19H20ClFN2. The quantitative estimate of drug-likeness (QED) is 0.355. The van der Waals surface area contributed by atoms with Crippen molar-refractivity contribution in [2.75, 3.05) is 0 Å². The van der Waals surface area contributed by atoms with E-state index in [1.807, 2.05) is 18.2 Å². The van der Waals surface area contributed by atoms with Gasteiger partial charge in [0, 0.05) is 10.6 Å². The summed E-state index contributed by atoms with van der Waals surface area (Å²) in [4.78, 5) is 0. The van der Waals surface area contributed by atoms with Crippen LogP contribution in [-0.2, 0) is 6.42 Å². The second-order valence-corrected chi connectivity index (χ2v) is 5.79. The van der Waals surface area contributed by atoms with Crippen LogP contribution in [0.25, 0.3) is 0 Å². The molecule has 0 aliphatic rings. The van der Waals surface area contributed by atoms with Gasteiger partial charge in [0.1, 0.15) is 5.82 Å². The van der Waals surface area contributed by atoms with Gasteiger partial charge in [0.2, 0.25) is 0 Å². The number of unbranched alkanes of at least 4 members (excludes halogenated alkanes) is 2. The molecule has 0 amide bonds. The Kier molecular flexibility index (Phi) is 6.95. The molecule has 2 aromatic rings. The summed E-state index contributed by atoms with van der Waals surface area (Å²) in [5.41, 5.74) is 2.36. The first-order chi connectivity index (χ1) is 11.2. The number of nitrogens with zero attached hydrogens (tertiary/aromatic N) is 2. The molecule has 4 heteroatoms. The van der Waals surface area contributed by atoms with Crippen LogP contribution in [0.3, 0.4) is 0 Å². The van der Waals surface area contributed by atoms with Gasteiger partial charge in [-0.15, -0.1) is 0 Å². The Balaban J connectivity index is 1.95. The smallest absolute Gasteiger partial charge is 0.132 e. The Bertz CT molecular complexity index is 678. The van der Waals surface area contributed by atoms with Crippen LogP contribution in [0.1, 0.15) is 42.9 Å². The van der Waals surface area contributed by atoms with E-state index in [9.17, 15) is 4.39 Å². The number of rotatable bonds is 7. The topological polar surface area (TPSA) is 24.7 Å². The van der Waals surface area contributed by atoms with E-state index in [1.165, 1.54) is 19.1 Å². The van der Waals surface area contributed by atoms with Gasteiger partial charge in [-0.05, 0) is 42.2 Å².